The van der Waals surface area contributed by atoms with Crippen molar-refractivity contribution in [3.05, 3.63) is 34.9 Å². The van der Waals surface area contributed by atoms with Gasteiger partial charge < -0.3 is 19.7 Å². The summed E-state index contributed by atoms with van der Waals surface area (Å²) >= 11 is 0. The van der Waals surface area contributed by atoms with Crippen LogP contribution < -0.4 is 11.0 Å². The van der Waals surface area contributed by atoms with Crippen LogP contribution in [-0.2, 0) is 9.47 Å². The molecule has 1 saturated heterocycles. The first-order chi connectivity index (χ1) is 13.8. The molecule has 1 aliphatic carbocycles. The van der Waals surface area contributed by atoms with E-state index in [1.165, 1.54) is 0 Å². The summed E-state index contributed by atoms with van der Waals surface area (Å²) in [5, 5.41) is 20.9. The molecular weight excluding hydrogens is 392 g/mol. The number of ether oxygens (including phenoxy) is 2. The molecule has 11 heteroatoms. The van der Waals surface area contributed by atoms with Gasteiger partial charge in [0.2, 0.25) is 6.23 Å². The number of aliphatic hydroxyl groups excluding tert-OH is 2. The lowest BCUT2D eigenvalue weighted by molar-refractivity contribution is -0.140. The standard InChI is InChI=1S/C18H23F2N3O6/c19-18(20)14(25)12(10-24)29-15(18)23-9-8-13(21-16(23)26)22-17(27)28-11-6-4-2-1-3-5-7-11/h4,6,8-9,11-12,14-15,24-25H,1-3,5,7,10H2,(H,21,22,26,27)/b6-4+/t11?,12-,14?,15-/m1/s1. The Balaban J connectivity index is 1.67. The number of aromatic nitrogens is 2. The summed E-state index contributed by atoms with van der Waals surface area (Å²) in [6.45, 7) is -0.837. The van der Waals surface area contributed by atoms with E-state index in [1.54, 1.807) is 0 Å². The Bertz CT molecular complexity index is 815. The smallest absolute Gasteiger partial charge is 0.413 e. The normalized spacial score (nSPS) is 30.2. The van der Waals surface area contributed by atoms with Crippen LogP contribution in [0, 0.1) is 0 Å². The van der Waals surface area contributed by atoms with E-state index in [1.807, 2.05) is 12.2 Å². The van der Waals surface area contributed by atoms with Gasteiger partial charge >= 0.3 is 17.7 Å². The molecule has 0 spiro atoms. The van der Waals surface area contributed by atoms with Gasteiger partial charge in [0.15, 0.2) is 6.10 Å². The van der Waals surface area contributed by atoms with Gasteiger partial charge in [0.25, 0.3) is 0 Å². The molecule has 1 aromatic rings. The van der Waals surface area contributed by atoms with Gasteiger partial charge in [-0.1, -0.05) is 12.5 Å². The number of nitrogens with one attached hydrogen (secondary N) is 1. The van der Waals surface area contributed by atoms with E-state index in [0.29, 0.717) is 11.0 Å². The number of rotatable bonds is 4. The minimum Gasteiger partial charge on any atom is -0.442 e. The molecule has 4 atom stereocenters. The van der Waals surface area contributed by atoms with Gasteiger partial charge in [0, 0.05) is 6.20 Å². The van der Waals surface area contributed by atoms with E-state index < -0.39 is 48.9 Å². The Morgan fingerprint density at radius 2 is 2.21 bits per heavy atom. The predicted molar refractivity (Wildman–Crippen MR) is 96.6 cm³/mol. The molecule has 1 fully saturated rings. The highest BCUT2D eigenvalue weighted by atomic mass is 19.3. The minimum absolute atomic E-state index is 0.174. The lowest BCUT2D eigenvalue weighted by Crippen LogP contribution is -2.41. The molecule has 1 amide bonds. The Kier molecular flexibility index (Phi) is 6.60. The van der Waals surface area contributed by atoms with Gasteiger partial charge in [-0.2, -0.15) is 13.8 Å². The molecule has 1 aliphatic heterocycles. The van der Waals surface area contributed by atoms with Crippen LogP contribution in [-0.4, -0.2) is 56.7 Å². The second kappa shape index (κ2) is 8.97. The van der Waals surface area contributed by atoms with E-state index in [4.69, 9.17) is 14.6 Å². The molecule has 0 bridgehead atoms. The third-order valence-corrected chi connectivity index (χ3v) is 4.84. The molecule has 0 radical (unpaired) electrons. The van der Waals surface area contributed by atoms with Crippen molar-refractivity contribution in [1.82, 2.24) is 9.55 Å². The molecule has 2 heterocycles. The monoisotopic (exact) mass is 415 g/mol. The first-order valence-electron chi connectivity index (χ1n) is 9.38. The van der Waals surface area contributed by atoms with Gasteiger partial charge in [0.1, 0.15) is 18.0 Å². The number of anilines is 1. The third-order valence-electron chi connectivity index (χ3n) is 4.84. The van der Waals surface area contributed by atoms with E-state index in [2.05, 4.69) is 10.3 Å². The Hall–Kier alpha value is -2.37. The van der Waals surface area contributed by atoms with E-state index in [-0.39, 0.29) is 5.82 Å². The lowest BCUT2D eigenvalue weighted by Gasteiger charge is -2.21. The van der Waals surface area contributed by atoms with Crippen molar-refractivity contribution in [2.24, 2.45) is 0 Å². The van der Waals surface area contributed by atoms with Crippen LogP contribution in [0.1, 0.15) is 38.3 Å². The molecule has 2 aliphatic rings. The number of carbonyl (C=O) groups is 1. The molecule has 29 heavy (non-hydrogen) atoms. The fourth-order valence-electron chi connectivity index (χ4n) is 3.28. The highest BCUT2D eigenvalue weighted by Crippen LogP contribution is 2.41. The van der Waals surface area contributed by atoms with E-state index in [0.717, 1.165) is 37.9 Å². The summed E-state index contributed by atoms with van der Waals surface area (Å²) in [5.41, 5.74) is -1.12. The summed E-state index contributed by atoms with van der Waals surface area (Å²) in [6, 6.07) is 1.13. The predicted octanol–water partition coefficient (Wildman–Crippen LogP) is 1.57. The van der Waals surface area contributed by atoms with Crippen LogP contribution in [0.15, 0.2) is 29.2 Å². The van der Waals surface area contributed by atoms with Crippen LogP contribution in [0.4, 0.5) is 19.4 Å². The highest BCUT2D eigenvalue weighted by molar-refractivity contribution is 5.83. The van der Waals surface area contributed by atoms with E-state index in [9.17, 15) is 23.5 Å². The lowest BCUT2D eigenvalue weighted by atomic mass is 10.0. The minimum atomic E-state index is -3.81. The number of aliphatic hydroxyl groups is 2. The van der Waals surface area contributed by atoms with Gasteiger partial charge in [-0.25, -0.2) is 9.59 Å². The zero-order chi connectivity index (χ0) is 21.0. The van der Waals surface area contributed by atoms with Crippen LogP contribution in [0.2, 0.25) is 0 Å². The van der Waals surface area contributed by atoms with Crippen molar-refractivity contribution in [2.45, 2.75) is 62.6 Å². The first kappa shape index (κ1) is 21.3. The third kappa shape index (κ3) is 4.80. The molecule has 160 valence electrons. The average Bonchev–Trinajstić information content (AvgIpc) is 2.87. The van der Waals surface area contributed by atoms with Crippen molar-refractivity contribution in [1.29, 1.82) is 0 Å². The fraction of sp³-hybridized carbons (Fsp3) is 0.611. The quantitative estimate of drug-likeness (QED) is 0.638. The van der Waals surface area contributed by atoms with E-state index >= 15 is 0 Å². The maximum absolute atomic E-state index is 14.2. The number of nitrogens with zero attached hydrogens (tertiary/aromatic N) is 2. The zero-order valence-corrected chi connectivity index (χ0v) is 15.5. The number of amides is 1. The van der Waals surface area contributed by atoms with Gasteiger partial charge in [-0.3, -0.25) is 9.88 Å². The van der Waals surface area contributed by atoms with Crippen LogP contribution in [0.5, 0.6) is 0 Å². The maximum Gasteiger partial charge on any atom is 0.413 e. The first-order valence-corrected chi connectivity index (χ1v) is 9.38. The molecular formula is C18H23F2N3O6. The number of hydrogen-bond acceptors (Lipinski definition) is 7. The summed E-state index contributed by atoms with van der Waals surface area (Å²) in [7, 11) is 0. The van der Waals surface area contributed by atoms with Gasteiger partial charge in [-0.15, -0.1) is 0 Å². The number of allylic oxidation sites excluding steroid dienone is 1. The summed E-state index contributed by atoms with van der Waals surface area (Å²) in [5.74, 6) is -3.98. The molecule has 0 aromatic carbocycles. The largest absolute Gasteiger partial charge is 0.442 e. The van der Waals surface area contributed by atoms with Crippen molar-refractivity contribution >= 4 is 11.9 Å². The summed E-state index contributed by atoms with van der Waals surface area (Å²) < 4.78 is 39.0. The van der Waals surface area contributed by atoms with Gasteiger partial charge in [-0.05, 0) is 37.8 Å². The molecule has 3 rings (SSSR count). The van der Waals surface area contributed by atoms with Gasteiger partial charge in [0.05, 0.1) is 6.61 Å². The highest BCUT2D eigenvalue weighted by Gasteiger charge is 2.59. The number of carbonyl (C=O) groups excluding carboxylic acids is 1. The van der Waals surface area contributed by atoms with Crippen LogP contribution >= 0.6 is 0 Å². The zero-order valence-electron chi connectivity index (χ0n) is 15.5. The number of hydrogen-bond donors (Lipinski definition) is 3. The Morgan fingerprint density at radius 3 is 2.90 bits per heavy atom. The molecule has 9 nitrogen and oxygen atoms in total. The average molecular weight is 415 g/mol. The number of halogens is 2. The Labute approximate surface area is 165 Å². The molecule has 1 aromatic heterocycles. The van der Waals surface area contributed by atoms with Crippen molar-refractivity contribution < 1.29 is 33.3 Å². The second-order valence-corrected chi connectivity index (χ2v) is 6.97. The van der Waals surface area contributed by atoms with Crippen molar-refractivity contribution in [3.8, 4) is 0 Å². The summed E-state index contributed by atoms with van der Waals surface area (Å²) in [4.78, 5) is 27.7. The fourth-order valence-corrected chi connectivity index (χ4v) is 3.28. The SMILES string of the molecule is O=C(Nc1ccn([C@@H]2O[C@H](CO)C(O)C2(F)F)c(=O)n1)OC1/C=C/CCCCC1. The van der Waals surface area contributed by atoms with Crippen molar-refractivity contribution in [2.75, 3.05) is 11.9 Å². The molecule has 0 saturated carbocycles. The second-order valence-electron chi connectivity index (χ2n) is 6.97. The summed E-state index contributed by atoms with van der Waals surface area (Å²) in [6.07, 6.45) is 2.25. The maximum atomic E-state index is 14.2. The van der Waals surface area contributed by atoms with Crippen LogP contribution in [0.25, 0.3) is 0 Å². The molecule has 3 N–H and O–H groups in total. The van der Waals surface area contributed by atoms with Crippen molar-refractivity contribution in [3.63, 3.8) is 0 Å². The Morgan fingerprint density at radius 1 is 1.41 bits per heavy atom. The molecule has 2 unspecified atom stereocenters. The van der Waals surface area contributed by atoms with Crippen LogP contribution in [0.3, 0.4) is 0 Å². The topological polar surface area (TPSA) is 123 Å². The number of alkyl halides is 2.